The highest BCUT2D eigenvalue weighted by molar-refractivity contribution is 7.89. The second-order valence-corrected chi connectivity index (χ2v) is 13.7. The van der Waals surface area contributed by atoms with Gasteiger partial charge in [0.05, 0.1) is 17.5 Å². The minimum atomic E-state index is -4.47. The molecule has 44 heavy (non-hydrogen) atoms. The number of allylic oxidation sites excluding steroid dienone is 1. The summed E-state index contributed by atoms with van der Waals surface area (Å²) in [6, 6.07) is 12.1. The number of nitro groups is 1. The quantitative estimate of drug-likeness (QED) is 0.228. The standard InChI is InChI=1S/C31H33N3O9S/c1-31(2,3)43-30(37)33-24-10-6-5-9-22(24)23-15-16-32(44(40,41)26-12-8-7-11-25(26)34(38)39)18-19-17-20(35)13-14-21(19)27(28(23)33)29(36)42-4/h5-12,17,21,27H,13-16,18H2,1-4H3/t21-,27+/m0/s1. The van der Waals surface area contributed by atoms with Gasteiger partial charge in [-0.25, -0.2) is 17.8 Å². The zero-order valence-corrected chi connectivity index (χ0v) is 25.6. The van der Waals surface area contributed by atoms with Gasteiger partial charge >= 0.3 is 12.1 Å². The van der Waals surface area contributed by atoms with Gasteiger partial charge in [-0.15, -0.1) is 0 Å². The van der Waals surface area contributed by atoms with Crippen LogP contribution in [0.5, 0.6) is 0 Å². The first-order chi connectivity index (χ1) is 20.7. The number of methoxy groups -OCH3 is 1. The minimum Gasteiger partial charge on any atom is -0.468 e. The molecule has 0 saturated carbocycles. The monoisotopic (exact) mass is 623 g/mol. The van der Waals surface area contributed by atoms with Gasteiger partial charge in [0.15, 0.2) is 10.7 Å². The fraction of sp³-hybridized carbons (Fsp3) is 0.387. The van der Waals surface area contributed by atoms with Gasteiger partial charge in [-0.3, -0.25) is 19.7 Å². The Balaban J connectivity index is 1.79. The Kier molecular flexibility index (Phi) is 8.21. The first-order valence-corrected chi connectivity index (χ1v) is 15.6. The van der Waals surface area contributed by atoms with Crippen LogP contribution in [-0.2, 0) is 35.5 Å². The summed E-state index contributed by atoms with van der Waals surface area (Å²) in [5.41, 5.74) is 0.226. The number of carbonyl (C=O) groups is 3. The van der Waals surface area contributed by atoms with Crippen molar-refractivity contribution in [3.05, 3.63) is 81.6 Å². The predicted molar refractivity (Wildman–Crippen MR) is 160 cm³/mol. The predicted octanol–water partition coefficient (Wildman–Crippen LogP) is 4.74. The largest absolute Gasteiger partial charge is 0.468 e. The van der Waals surface area contributed by atoms with E-state index in [1.165, 1.54) is 36.0 Å². The first kappa shape index (κ1) is 31.1. The lowest BCUT2D eigenvalue weighted by Crippen LogP contribution is -2.38. The third kappa shape index (κ3) is 5.64. The number of fused-ring (bicyclic) bond motifs is 4. The van der Waals surface area contributed by atoms with E-state index < -0.39 is 55.0 Å². The third-order valence-electron chi connectivity index (χ3n) is 7.92. The number of ketones is 1. The van der Waals surface area contributed by atoms with Crippen molar-refractivity contribution in [3.8, 4) is 0 Å². The number of sulfonamides is 1. The number of rotatable bonds is 4. The summed E-state index contributed by atoms with van der Waals surface area (Å²) >= 11 is 0. The van der Waals surface area contributed by atoms with Crippen LogP contribution < -0.4 is 0 Å². The van der Waals surface area contributed by atoms with Crippen molar-refractivity contribution in [1.82, 2.24) is 8.87 Å². The highest BCUT2D eigenvalue weighted by atomic mass is 32.2. The lowest BCUT2D eigenvalue weighted by molar-refractivity contribution is -0.387. The average Bonchev–Trinajstić information content (AvgIpc) is 3.31. The van der Waals surface area contributed by atoms with Crippen molar-refractivity contribution < 1.29 is 37.2 Å². The summed E-state index contributed by atoms with van der Waals surface area (Å²) in [5.74, 6) is -2.69. The van der Waals surface area contributed by atoms with Crippen molar-refractivity contribution in [2.75, 3.05) is 20.2 Å². The van der Waals surface area contributed by atoms with Gasteiger partial charge in [-0.1, -0.05) is 30.3 Å². The van der Waals surface area contributed by atoms with Crippen molar-refractivity contribution >= 4 is 44.5 Å². The maximum atomic E-state index is 14.1. The minimum absolute atomic E-state index is 0.0486. The molecule has 1 aliphatic carbocycles. The summed E-state index contributed by atoms with van der Waals surface area (Å²) in [5, 5.41) is 12.4. The second-order valence-electron chi connectivity index (χ2n) is 11.8. The van der Waals surface area contributed by atoms with E-state index in [1.807, 2.05) is 0 Å². The average molecular weight is 624 g/mol. The zero-order chi connectivity index (χ0) is 32.0. The molecule has 0 radical (unpaired) electrons. The molecule has 0 spiro atoms. The first-order valence-electron chi connectivity index (χ1n) is 14.1. The fourth-order valence-electron chi connectivity index (χ4n) is 6.12. The summed E-state index contributed by atoms with van der Waals surface area (Å²) in [7, 11) is -3.24. The molecule has 0 fully saturated rings. The molecule has 0 amide bonds. The van der Waals surface area contributed by atoms with Crippen LogP contribution in [0.1, 0.15) is 50.8 Å². The van der Waals surface area contributed by atoms with Crippen LogP contribution in [0.25, 0.3) is 10.9 Å². The maximum Gasteiger partial charge on any atom is 0.419 e. The Bertz CT molecular complexity index is 1820. The number of nitrogens with zero attached hydrogens (tertiary/aromatic N) is 3. The molecule has 2 aliphatic rings. The van der Waals surface area contributed by atoms with E-state index in [0.717, 1.165) is 10.4 Å². The Hall–Kier alpha value is -4.36. The van der Waals surface area contributed by atoms with Crippen LogP contribution in [-0.4, -0.2) is 65.9 Å². The number of esters is 1. The zero-order valence-electron chi connectivity index (χ0n) is 24.8. The molecule has 0 N–H and O–H groups in total. The summed E-state index contributed by atoms with van der Waals surface area (Å²) in [6.07, 6.45) is 0.967. The number of para-hydroxylation sites is 2. The molecule has 12 nitrogen and oxygen atoms in total. The molecule has 2 heterocycles. The van der Waals surface area contributed by atoms with Gasteiger partial charge in [-0.05, 0) is 63.0 Å². The van der Waals surface area contributed by atoms with E-state index in [-0.39, 0.29) is 38.1 Å². The molecule has 1 aromatic heterocycles. The van der Waals surface area contributed by atoms with E-state index in [4.69, 9.17) is 9.47 Å². The number of ether oxygens (including phenoxy) is 2. The Morgan fingerprint density at radius 2 is 1.73 bits per heavy atom. The maximum absolute atomic E-state index is 14.1. The molecule has 232 valence electrons. The van der Waals surface area contributed by atoms with E-state index >= 15 is 0 Å². The van der Waals surface area contributed by atoms with E-state index in [0.29, 0.717) is 27.7 Å². The summed E-state index contributed by atoms with van der Waals surface area (Å²) in [4.78, 5) is 50.8. The Labute approximate surface area is 254 Å². The SMILES string of the molecule is COC(=O)[C@H]1c2c(c3ccccc3n2C(=O)OC(C)(C)C)CCN(S(=O)(=O)c2ccccc2[N+](=O)[O-])CC2=CC(=O)CC[C@@H]21. The van der Waals surface area contributed by atoms with Crippen LogP contribution in [0.4, 0.5) is 10.5 Å². The smallest absolute Gasteiger partial charge is 0.419 e. The van der Waals surface area contributed by atoms with Gasteiger partial charge in [0.2, 0.25) is 10.0 Å². The highest BCUT2D eigenvalue weighted by Crippen LogP contribution is 2.44. The normalized spacial score (nSPS) is 19.5. The van der Waals surface area contributed by atoms with Crippen LogP contribution in [0.3, 0.4) is 0 Å². The molecule has 1 aliphatic heterocycles. The van der Waals surface area contributed by atoms with Crippen LogP contribution in [0, 0.1) is 16.0 Å². The summed E-state index contributed by atoms with van der Waals surface area (Å²) in [6.45, 7) is 4.73. The Morgan fingerprint density at radius 1 is 1.05 bits per heavy atom. The molecule has 2 aromatic carbocycles. The lowest BCUT2D eigenvalue weighted by Gasteiger charge is -2.32. The molecule has 0 bridgehead atoms. The van der Waals surface area contributed by atoms with Gasteiger partial charge in [-0.2, -0.15) is 4.31 Å². The van der Waals surface area contributed by atoms with Crippen LogP contribution in [0.15, 0.2) is 65.1 Å². The third-order valence-corrected chi connectivity index (χ3v) is 9.82. The topological polar surface area (TPSA) is 155 Å². The second kappa shape index (κ2) is 11.6. The van der Waals surface area contributed by atoms with E-state index in [1.54, 1.807) is 45.0 Å². The van der Waals surface area contributed by atoms with Gasteiger partial charge in [0.1, 0.15) is 11.5 Å². The van der Waals surface area contributed by atoms with E-state index in [2.05, 4.69) is 0 Å². The summed E-state index contributed by atoms with van der Waals surface area (Å²) < 4.78 is 41.7. The molecule has 0 saturated heterocycles. The van der Waals surface area contributed by atoms with Crippen LogP contribution >= 0.6 is 0 Å². The van der Waals surface area contributed by atoms with E-state index in [9.17, 15) is 32.9 Å². The number of hydrogen-bond donors (Lipinski definition) is 0. The number of hydrogen-bond acceptors (Lipinski definition) is 9. The van der Waals surface area contributed by atoms with Crippen LogP contribution in [0.2, 0.25) is 0 Å². The molecule has 3 aromatic rings. The number of aromatic nitrogens is 1. The molecular weight excluding hydrogens is 590 g/mol. The lowest BCUT2D eigenvalue weighted by atomic mass is 9.76. The molecule has 13 heteroatoms. The molecule has 0 unspecified atom stereocenters. The molecule has 2 atom stereocenters. The Morgan fingerprint density at radius 3 is 2.41 bits per heavy atom. The van der Waals surface area contributed by atoms with Crippen molar-refractivity contribution in [2.24, 2.45) is 5.92 Å². The fourth-order valence-corrected chi connectivity index (χ4v) is 7.70. The van der Waals surface area contributed by atoms with Crippen molar-refractivity contribution in [1.29, 1.82) is 0 Å². The number of nitro benzene ring substituents is 1. The number of carbonyl (C=O) groups excluding carboxylic acids is 3. The number of benzene rings is 2. The van der Waals surface area contributed by atoms with Gasteiger partial charge in [0.25, 0.3) is 5.69 Å². The van der Waals surface area contributed by atoms with Crippen molar-refractivity contribution in [3.63, 3.8) is 0 Å². The molecular formula is C31H33N3O9S. The molecule has 5 rings (SSSR count). The highest BCUT2D eigenvalue weighted by Gasteiger charge is 2.44. The van der Waals surface area contributed by atoms with Gasteiger partial charge in [0, 0.05) is 42.6 Å². The van der Waals surface area contributed by atoms with Crippen molar-refractivity contribution in [2.45, 2.75) is 56.4 Å². The van der Waals surface area contributed by atoms with Gasteiger partial charge < -0.3 is 9.47 Å².